The number of benzene rings is 3. The predicted molar refractivity (Wildman–Crippen MR) is 115 cm³/mol. The van der Waals surface area contributed by atoms with Crippen molar-refractivity contribution in [3.8, 4) is 0 Å². The predicted octanol–water partition coefficient (Wildman–Crippen LogP) is -0.218. The van der Waals surface area contributed by atoms with Gasteiger partial charge in [-0.05, 0) is 36.8 Å². The quantitative estimate of drug-likeness (QED) is 0.433. The fourth-order valence-corrected chi connectivity index (χ4v) is 4.54. The van der Waals surface area contributed by atoms with Crippen LogP contribution in [0.4, 0.5) is 0 Å². The molecule has 3 aromatic rings. The molecule has 3 N–H and O–H groups in total. The second kappa shape index (κ2) is 11.2. The molecule has 0 aromatic heterocycles. The van der Waals surface area contributed by atoms with Gasteiger partial charge in [-0.3, -0.25) is 4.79 Å². The van der Waals surface area contributed by atoms with Crippen molar-refractivity contribution in [3.05, 3.63) is 96.1 Å². The molecule has 0 spiro atoms. The van der Waals surface area contributed by atoms with E-state index in [9.17, 15) is 18.3 Å². The van der Waals surface area contributed by atoms with E-state index in [0.717, 1.165) is 5.56 Å². The van der Waals surface area contributed by atoms with Crippen LogP contribution in [-0.4, -0.2) is 31.9 Å². The Labute approximate surface area is 189 Å². The van der Waals surface area contributed by atoms with Crippen LogP contribution in [0.2, 0.25) is 0 Å². The largest absolute Gasteiger partial charge is 1.00 e. The average Bonchev–Trinajstić information content (AvgIpc) is 2.79. The molecule has 0 saturated heterocycles. The van der Waals surface area contributed by atoms with Gasteiger partial charge in [0.25, 0.3) is 0 Å². The minimum atomic E-state index is -3.59. The zero-order valence-electron chi connectivity index (χ0n) is 17.2. The molecular formula is C24H26ClNO4S. The van der Waals surface area contributed by atoms with Crippen LogP contribution in [0.1, 0.15) is 35.4 Å². The highest BCUT2D eigenvalue weighted by Gasteiger charge is 2.20. The van der Waals surface area contributed by atoms with Crippen LogP contribution >= 0.6 is 0 Å². The summed E-state index contributed by atoms with van der Waals surface area (Å²) in [5.74, 6) is -0.0590. The summed E-state index contributed by atoms with van der Waals surface area (Å²) in [5, 5.41) is 12.3. The number of halogens is 1. The first-order valence-corrected chi connectivity index (χ1v) is 11.4. The molecule has 0 saturated carbocycles. The molecule has 5 nitrogen and oxygen atoms in total. The molecule has 3 aromatic carbocycles. The first-order chi connectivity index (χ1) is 14.4. The third-order valence-corrected chi connectivity index (χ3v) is 6.87. The summed E-state index contributed by atoms with van der Waals surface area (Å²) in [7, 11) is -3.59. The summed E-state index contributed by atoms with van der Waals surface area (Å²) in [5.41, 5.74) is 1.33. The zero-order valence-corrected chi connectivity index (χ0v) is 18.8. The van der Waals surface area contributed by atoms with Crippen LogP contribution < -0.4 is 17.7 Å². The molecule has 31 heavy (non-hydrogen) atoms. The highest BCUT2D eigenvalue weighted by molar-refractivity contribution is 7.91. The first-order valence-electron chi connectivity index (χ1n) is 9.89. The minimum Gasteiger partial charge on any atom is -1.00 e. The lowest BCUT2D eigenvalue weighted by Crippen LogP contribution is -3.00. The molecular weight excluding hydrogens is 434 g/mol. The van der Waals surface area contributed by atoms with E-state index < -0.39 is 15.9 Å². The van der Waals surface area contributed by atoms with Gasteiger partial charge in [-0.25, -0.2) is 8.42 Å². The summed E-state index contributed by atoms with van der Waals surface area (Å²) in [6.45, 7) is 2.46. The molecule has 0 aliphatic rings. The standard InChI is InChI=1S/C24H25NO4S.ClH/c1-18(24(27)20-8-4-2-5-9-20)25-17-16-23(26)19-12-14-22(15-13-19)30(28,29)21-10-6-3-7-11-21;/h2-15,18,24-25,27H,16-17H2,1H3;1H. The molecule has 0 radical (unpaired) electrons. The number of rotatable bonds is 9. The molecule has 0 heterocycles. The van der Waals surface area contributed by atoms with E-state index in [2.05, 4.69) is 0 Å². The number of carbonyl (C=O) groups is 1. The van der Waals surface area contributed by atoms with Crippen molar-refractivity contribution >= 4 is 15.6 Å². The Balaban J connectivity index is 0.00000341. The fraction of sp³-hybridized carbons (Fsp3) is 0.208. The van der Waals surface area contributed by atoms with Gasteiger partial charge in [0.1, 0.15) is 12.1 Å². The van der Waals surface area contributed by atoms with Crippen LogP contribution in [0, 0.1) is 0 Å². The third-order valence-electron chi connectivity index (χ3n) is 5.09. The van der Waals surface area contributed by atoms with Crippen molar-refractivity contribution in [1.29, 1.82) is 0 Å². The Morgan fingerprint density at radius 2 is 1.39 bits per heavy atom. The van der Waals surface area contributed by atoms with Crippen LogP contribution in [0.15, 0.2) is 94.7 Å². The molecule has 0 aliphatic heterocycles. The van der Waals surface area contributed by atoms with Gasteiger partial charge in [-0.1, -0.05) is 60.7 Å². The van der Waals surface area contributed by atoms with Crippen LogP contribution in [0.3, 0.4) is 0 Å². The topological polar surface area (TPSA) is 88.0 Å². The Bertz CT molecular complexity index is 1070. The lowest BCUT2D eigenvalue weighted by atomic mass is 10.0. The molecule has 2 unspecified atom stereocenters. The lowest BCUT2D eigenvalue weighted by molar-refractivity contribution is -0.693. The number of hydrogen-bond donors (Lipinski definition) is 2. The second-order valence-corrected chi connectivity index (χ2v) is 9.20. The average molecular weight is 460 g/mol. The highest BCUT2D eigenvalue weighted by Crippen LogP contribution is 2.21. The number of aliphatic hydroxyl groups is 1. The maximum absolute atomic E-state index is 12.6. The Morgan fingerprint density at radius 1 is 0.871 bits per heavy atom. The Kier molecular flexibility index (Phi) is 8.95. The number of ketones is 1. The number of hydrogen-bond acceptors (Lipinski definition) is 4. The lowest BCUT2D eigenvalue weighted by Gasteiger charge is -2.17. The second-order valence-electron chi connectivity index (χ2n) is 7.25. The summed E-state index contributed by atoms with van der Waals surface area (Å²) in [4.78, 5) is 12.9. The number of quaternary nitrogens is 1. The molecule has 3 rings (SSSR count). The van der Waals surface area contributed by atoms with Crippen molar-refractivity contribution in [1.82, 2.24) is 0 Å². The maximum Gasteiger partial charge on any atom is 0.206 e. The number of carbonyl (C=O) groups excluding carboxylic acids is 1. The van der Waals surface area contributed by atoms with Crippen LogP contribution in [-0.2, 0) is 9.84 Å². The number of sulfone groups is 1. The van der Waals surface area contributed by atoms with E-state index in [1.54, 1.807) is 42.5 Å². The normalized spacial score (nSPS) is 13.1. The van der Waals surface area contributed by atoms with Gasteiger partial charge in [-0.2, -0.15) is 0 Å². The van der Waals surface area contributed by atoms with Gasteiger partial charge in [-0.15, -0.1) is 0 Å². The Morgan fingerprint density at radius 3 is 1.97 bits per heavy atom. The van der Waals surface area contributed by atoms with E-state index in [-0.39, 0.29) is 34.0 Å². The number of nitrogens with two attached hydrogens (primary N) is 1. The molecule has 164 valence electrons. The van der Waals surface area contributed by atoms with Gasteiger partial charge in [0.15, 0.2) is 5.78 Å². The molecule has 0 bridgehead atoms. The number of aliphatic hydroxyl groups excluding tert-OH is 1. The van der Waals surface area contributed by atoms with Crippen molar-refractivity contribution in [3.63, 3.8) is 0 Å². The molecule has 0 amide bonds. The van der Waals surface area contributed by atoms with Crippen molar-refractivity contribution in [2.24, 2.45) is 0 Å². The zero-order chi connectivity index (χ0) is 21.6. The van der Waals surface area contributed by atoms with Crippen molar-refractivity contribution in [2.75, 3.05) is 6.54 Å². The van der Waals surface area contributed by atoms with E-state index in [1.165, 1.54) is 12.1 Å². The molecule has 0 fully saturated rings. The van der Waals surface area contributed by atoms with Gasteiger partial charge < -0.3 is 22.8 Å². The van der Waals surface area contributed by atoms with Gasteiger partial charge >= 0.3 is 0 Å². The van der Waals surface area contributed by atoms with Crippen molar-refractivity contribution < 1.29 is 36.0 Å². The van der Waals surface area contributed by atoms with Gasteiger partial charge in [0.05, 0.1) is 22.8 Å². The summed E-state index contributed by atoms with van der Waals surface area (Å²) in [6.07, 6.45) is -0.305. The van der Waals surface area contributed by atoms with Crippen molar-refractivity contribution in [2.45, 2.75) is 35.3 Å². The highest BCUT2D eigenvalue weighted by atomic mass is 35.5. The molecule has 7 heteroatoms. The summed E-state index contributed by atoms with van der Waals surface area (Å²) >= 11 is 0. The SMILES string of the molecule is CC([NH2+]CCC(=O)c1ccc(S(=O)(=O)c2ccccc2)cc1)C(O)c1ccccc1.[Cl-]. The van der Waals surface area contributed by atoms with Crippen LogP contribution in [0.5, 0.6) is 0 Å². The van der Waals surface area contributed by atoms with E-state index >= 15 is 0 Å². The summed E-state index contributed by atoms with van der Waals surface area (Å²) < 4.78 is 25.3. The fourth-order valence-electron chi connectivity index (χ4n) is 3.26. The Hall–Kier alpha value is -2.51. The van der Waals surface area contributed by atoms with E-state index in [1.807, 2.05) is 42.6 Å². The monoisotopic (exact) mass is 459 g/mol. The van der Waals surface area contributed by atoms with Gasteiger partial charge in [0, 0.05) is 5.56 Å². The van der Waals surface area contributed by atoms with E-state index in [4.69, 9.17) is 0 Å². The smallest absolute Gasteiger partial charge is 0.206 e. The first kappa shape index (κ1) is 24.8. The van der Waals surface area contributed by atoms with Crippen LogP contribution in [0.25, 0.3) is 0 Å². The third kappa shape index (κ3) is 6.24. The maximum atomic E-state index is 12.6. The molecule has 2 atom stereocenters. The molecule has 0 aliphatic carbocycles. The minimum absolute atomic E-state index is 0. The van der Waals surface area contributed by atoms with E-state index in [0.29, 0.717) is 18.5 Å². The van der Waals surface area contributed by atoms with Gasteiger partial charge in [0.2, 0.25) is 9.84 Å². The summed E-state index contributed by atoms with van der Waals surface area (Å²) in [6, 6.07) is 23.6. The number of Topliss-reactive ketones (excluding diaryl/α,β-unsaturated/α-hetero) is 1.